The van der Waals surface area contributed by atoms with Crippen LogP contribution < -0.4 is 10.9 Å². The second-order valence-electron chi connectivity index (χ2n) is 5.85. The first-order valence-corrected chi connectivity index (χ1v) is 8.36. The number of carbonyl (C=O) groups is 2. The first-order chi connectivity index (χ1) is 12.6. The molecule has 4 rings (SSSR count). The molecule has 0 atom stereocenters. The highest BCUT2D eigenvalue weighted by Gasteiger charge is 2.13. The molecule has 5 nitrogen and oxygen atoms in total. The van der Waals surface area contributed by atoms with Gasteiger partial charge in [0.2, 0.25) is 0 Å². The molecular weight excluding hydrogens is 350 g/mol. The summed E-state index contributed by atoms with van der Waals surface area (Å²) in [4.78, 5) is 27.8. The van der Waals surface area contributed by atoms with E-state index in [4.69, 9.17) is 11.6 Å². The summed E-state index contributed by atoms with van der Waals surface area (Å²) in [6.45, 7) is 0. The summed E-state index contributed by atoms with van der Waals surface area (Å²) >= 11 is 5.95. The fraction of sp³-hybridized carbons (Fsp3) is 0. The summed E-state index contributed by atoms with van der Waals surface area (Å²) in [6.07, 6.45) is 0. The van der Waals surface area contributed by atoms with Gasteiger partial charge in [-0.2, -0.15) is 0 Å². The summed E-state index contributed by atoms with van der Waals surface area (Å²) in [5.41, 5.74) is 6.51. The summed E-state index contributed by atoms with van der Waals surface area (Å²) in [5.74, 6) is -0.819. The van der Waals surface area contributed by atoms with Crippen molar-refractivity contribution in [3.63, 3.8) is 0 Å². The zero-order chi connectivity index (χ0) is 18.1. The Morgan fingerprint density at radius 1 is 0.808 bits per heavy atom. The third-order valence-corrected chi connectivity index (χ3v) is 4.39. The van der Waals surface area contributed by atoms with Gasteiger partial charge in [-0.1, -0.05) is 48.0 Å². The van der Waals surface area contributed by atoms with Gasteiger partial charge in [-0.25, -0.2) is 0 Å². The van der Waals surface area contributed by atoms with E-state index in [2.05, 4.69) is 15.8 Å². The molecule has 4 aromatic rings. The summed E-state index contributed by atoms with van der Waals surface area (Å²) in [6, 6.07) is 20.0. The first kappa shape index (κ1) is 16.2. The summed E-state index contributed by atoms with van der Waals surface area (Å²) in [5, 5.41) is 3.19. The van der Waals surface area contributed by atoms with Crippen molar-refractivity contribution >= 4 is 45.1 Å². The molecule has 1 heterocycles. The number of hydrazine groups is 1. The number of amides is 2. The van der Waals surface area contributed by atoms with Crippen molar-refractivity contribution in [2.24, 2.45) is 0 Å². The van der Waals surface area contributed by atoms with Gasteiger partial charge < -0.3 is 4.98 Å². The molecule has 0 saturated heterocycles. The number of fused-ring (bicyclic) bond motifs is 2. The molecule has 26 heavy (non-hydrogen) atoms. The normalized spacial score (nSPS) is 10.8. The average molecular weight is 364 g/mol. The quantitative estimate of drug-likeness (QED) is 0.470. The van der Waals surface area contributed by atoms with Crippen LogP contribution in [0.15, 0.2) is 66.7 Å². The molecule has 0 unspecified atom stereocenters. The van der Waals surface area contributed by atoms with Gasteiger partial charge in [-0.15, -0.1) is 0 Å². The number of carbonyl (C=O) groups excluding carboxylic acids is 2. The molecule has 2 amide bonds. The molecule has 0 aliphatic heterocycles. The molecule has 0 spiro atoms. The third-order valence-electron chi connectivity index (χ3n) is 4.15. The van der Waals surface area contributed by atoms with Gasteiger partial charge in [0.1, 0.15) is 5.69 Å². The van der Waals surface area contributed by atoms with E-state index in [0.29, 0.717) is 16.3 Å². The van der Waals surface area contributed by atoms with Crippen molar-refractivity contribution in [1.29, 1.82) is 0 Å². The van der Waals surface area contributed by atoms with E-state index in [-0.39, 0.29) is 5.91 Å². The Bertz CT molecular complexity index is 1140. The van der Waals surface area contributed by atoms with Crippen LogP contribution in [-0.2, 0) is 0 Å². The van der Waals surface area contributed by atoms with Gasteiger partial charge in [-0.05, 0) is 41.1 Å². The van der Waals surface area contributed by atoms with Crippen LogP contribution in [0.1, 0.15) is 20.8 Å². The predicted octanol–water partition coefficient (Wildman–Crippen LogP) is 4.05. The molecule has 0 radical (unpaired) electrons. The topological polar surface area (TPSA) is 74.0 Å². The third kappa shape index (κ3) is 3.00. The predicted molar refractivity (Wildman–Crippen MR) is 102 cm³/mol. The maximum atomic E-state index is 12.5. The molecule has 0 aliphatic rings. The molecule has 3 aromatic carbocycles. The number of aromatic amines is 1. The molecular formula is C20H14ClN3O2. The minimum Gasteiger partial charge on any atom is -0.350 e. The second kappa shape index (κ2) is 6.54. The van der Waals surface area contributed by atoms with Crippen LogP contribution in [0.25, 0.3) is 21.7 Å². The van der Waals surface area contributed by atoms with E-state index in [1.807, 2.05) is 30.3 Å². The van der Waals surface area contributed by atoms with Crippen LogP contribution in [0.2, 0.25) is 5.02 Å². The number of halogens is 1. The standard InChI is InChI=1S/C20H14ClN3O2/c21-14-8-9-17-13(10-14)11-18(22-17)20(26)24-23-19(25)16-7-3-5-12-4-1-2-6-15(12)16/h1-11,22H,(H,23,25)(H,24,26). The van der Waals surface area contributed by atoms with Crippen LogP contribution in [0, 0.1) is 0 Å². The van der Waals surface area contributed by atoms with Crippen molar-refractivity contribution < 1.29 is 9.59 Å². The Balaban J connectivity index is 1.52. The van der Waals surface area contributed by atoms with E-state index < -0.39 is 5.91 Å². The van der Waals surface area contributed by atoms with Gasteiger partial charge in [0.25, 0.3) is 11.8 Å². The number of benzene rings is 3. The lowest BCUT2D eigenvalue weighted by atomic mass is 10.0. The Kier molecular flexibility index (Phi) is 4.07. The minimum absolute atomic E-state index is 0.334. The number of H-pyrrole nitrogens is 1. The van der Waals surface area contributed by atoms with Crippen molar-refractivity contribution in [3.05, 3.63) is 83.0 Å². The van der Waals surface area contributed by atoms with Gasteiger partial charge in [-0.3, -0.25) is 20.4 Å². The number of rotatable bonds is 2. The number of nitrogens with one attached hydrogen (secondary N) is 3. The fourth-order valence-corrected chi connectivity index (χ4v) is 3.08. The number of aromatic nitrogens is 1. The first-order valence-electron chi connectivity index (χ1n) is 7.98. The van der Waals surface area contributed by atoms with Gasteiger partial charge in [0.05, 0.1) is 0 Å². The zero-order valence-electron chi connectivity index (χ0n) is 13.5. The highest BCUT2D eigenvalue weighted by molar-refractivity contribution is 6.31. The van der Waals surface area contributed by atoms with Crippen molar-refractivity contribution in [2.75, 3.05) is 0 Å². The maximum absolute atomic E-state index is 12.5. The Morgan fingerprint density at radius 2 is 1.58 bits per heavy atom. The van der Waals surface area contributed by atoms with E-state index in [1.165, 1.54) is 0 Å². The fourth-order valence-electron chi connectivity index (χ4n) is 2.90. The molecule has 1 aromatic heterocycles. The number of hydrogen-bond donors (Lipinski definition) is 3. The number of hydrogen-bond acceptors (Lipinski definition) is 2. The minimum atomic E-state index is -0.439. The van der Waals surface area contributed by atoms with Crippen LogP contribution in [-0.4, -0.2) is 16.8 Å². The molecule has 6 heteroatoms. The highest BCUT2D eigenvalue weighted by atomic mass is 35.5. The monoisotopic (exact) mass is 363 g/mol. The Hall–Kier alpha value is -3.31. The van der Waals surface area contributed by atoms with E-state index in [0.717, 1.165) is 21.7 Å². The summed E-state index contributed by atoms with van der Waals surface area (Å²) < 4.78 is 0. The summed E-state index contributed by atoms with van der Waals surface area (Å²) in [7, 11) is 0. The van der Waals surface area contributed by atoms with Gasteiger partial charge in [0, 0.05) is 21.5 Å². The molecule has 3 N–H and O–H groups in total. The van der Waals surface area contributed by atoms with Crippen LogP contribution in [0.3, 0.4) is 0 Å². The van der Waals surface area contributed by atoms with E-state index in [1.54, 1.807) is 36.4 Å². The SMILES string of the molecule is O=C(NNC(=O)c1cccc2ccccc12)c1cc2cc(Cl)ccc2[nH]1. The smallest absolute Gasteiger partial charge is 0.286 e. The van der Waals surface area contributed by atoms with E-state index in [9.17, 15) is 9.59 Å². The molecule has 0 saturated carbocycles. The lowest BCUT2D eigenvalue weighted by Crippen LogP contribution is -2.41. The Labute approximate surface area is 153 Å². The second-order valence-corrected chi connectivity index (χ2v) is 6.29. The van der Waals surface area contributed by atoms with Gasteiger partial charge >= 0.3 is 0 Å². The average Bonchev–Trinajstić information content (AvgIpc) is 3.08. The van der Waals surface area contributed by atoms with Crippen molar-refractivity contribution in [3.8, 4) is 0 Å². The molecule has 0 fully saturated rings. The van der Waals surface area contributed by atoms with Crippen LogP contribution >= 0.6 is 11.6 Å². The van der Waals surface area contributed by atoms with Gasteiger partial charge in [0.15, 0.2) is 0 Å². The van der Waals surface area contributed by atoms with E-state index >= 15 is 0 Å². The molecule has 0 bridgehead atoms. The zero-order valence-corrected chi connectivity index (χ0v) is 14.3. The van der Waals surface area contributed by atoms with Crippen molar-refractivity contribution in [1.82, 2.24) is 15.8 Å². The molecule has 128 valence electrons. The lowest BCUT2D eigenvalue weighted by molar-refractivity contribution is 0.0845. The lowest BCUT2D eigenvalue weighted by Gasteiger charge is -2.08. The maximum Gasteiger partial charge on any atom is 0.286 e. The largest absolute Gasteiger partial charge is 0.350 e. The highest BCUT2D eigenvalue weighted by Crippen LogP contribution is 2.20. The molecule has 0 aliphatic carbocycles. The van der Waals surface area contributed by atoms with Crippen molar-refractivity contribution in [2.45, 2.75) is 0 Å². The van der Waals surface area contributed by atoms with Crippen LogP contribution in [0.5, 0.6) is 0 Å². The Morgan fingerprint density at radius 3 is 2.46 bits per heavy atom. The van der Waals surface area contributed by atoms with Crippen LogP contribution in [0.4, 0.5) is 0 Å².